The number of hydrogen-bond acceptors (Lipinski definition) is 29. The van der Waals surface area contributed by atoms with Crippen molar-refractivity contribution < 1.29 is 133 Å². The zero-order valence-corrected chi connectivity index (χ0v) is 58.3. The largest absolute Gasteiger partial charge is 0.463 e. The van der Waals surface area contributed by atoms with Gasteiger partial charge in [0.25, 0.3) is 3.79 Å². The number of carbonyl (C=O) groups is 10. The molecule has 105 heavy (non-hydrogen) atoms. The van der Waals surface area contributed by atoms with Crippen molar-refractivity contribution in [3.8, 4) is 0 Å². The van der Waals surface area contributed by atoms with Gasteiger partial charge in [-0.3, -0.25) is 24.6 Å². The Morgan fingerprint density at radius 3 is 0.933 bits per heavy atom. The lowest BCUT2D eigenvalue weighted by atomic mass is 9.98. The fraction of sp³-hybridized carbons (Fsp3) is 0.356. The average molecular weight is 1510 g/mol. The van der Waals surface area contributed by atoms with Crippen LogP contribution in [0.2, 0.25) is 0 Å². The highest BCUT2D eigenvalue weighted by atomic mass is 35.6. The van der Waals surface area contributed by atoms with Crippen LogP contribution in [0.4, 0.5) is 0 Å². The van der Waals surface area contributed by atoms with Gasteiger partial charge in [-0.1, -0.05) is 144 Å². The summed E-state index contributed by atoms with van der Waals surface area (Å²) in [6, 6.07) is 45.5. The summed E-state index contributed by atoms with van der Waals surface area (Å²) in [5.74, 6) is -10.9. The van der Waals surface area contributed by atoms with Gasteiger partial charge < -0.3 is 85.3 Å². The molecule has 0 saturated carbocycles. The molecule has 4 aliphatic heterocycles. The predicted molar refractivity (Wildman–Crippen MR) is 359 cm³/mol. The van der Waals surface area contributed by atoms with Crippen LogP contribution in [0.5, 0.6) is 0 Å². The van der Waals surface area contributed by atoms with Gasteiger partial charge in [0.2, 0.25) is 12.2 Å². The minimum Gasteiger partial charge on any atom is -0.463 e. The van der Waals surface area contributed by atoms with E-state index in [1.54, 1.807) is 84.9 Å². The van der Waals surface area contributed by atoms with Crippen molar-refractivity contribution in [3.05, 3.63) is 215 Å². The normalized spacial score (nSPS) is 26.1. The molecule has 0 aliphatic carbocycles. The minimum atomic E-state index is -2.72. The van der Waals surface area contributed by atoms with Gasteiger partial charge in [0.05, 0.1) is 40.0 Å². The molecule has 0 radical (unpaired) electrons. The molecule has 17 atom stereocenters. The molecular formula is C73H68Cl3NO28. The first kappa shape index (κ1) is 77.7. The lowest BCUT2D eigenvalue weighted by Crippen LogP contribution is -2.63. The molecule has 6 aromatic rings. The van der Waals surface area contributed by atoms with Crippen molar-refractivity contribution in [2.75, 3.05) is 26.4 Å². The second kappa shape index (κ2) is 36.2. The summed E-state index contributed by atoms with van der Waals surface area (Å²) in [5.41, 5.74) is 0.0449. The zero-order valence-electron chi connectivity index (χ0n) is 56.0. The molecule has 6 aromatic carbocycles. The van der Waals surface area contributed by atoms with E-state index in [-0.39, 0.29) is 33.4 Å². The van der Waals surface area contributed by atoms with E-state index in [4.69, 9.17) is 125 Å². The van der Waals surface area contributed by atoms with Gasteiger partial charge in [-0.05, 0) is 72.8 Å². The molecule has 4 fully saturated rings. The number of nitrogens with one attached hydrogen (secondary N) is 1. The quantitative estimate of drug-likeness (QED) is 0.0168. The SMILES string of the molecule is CC(=O)OC[C@H]1O[C@H](OC[C@H]2O[C@H](OC(=N)C(Cl)(Cl)Cl)C(O[C@H]3O[C@H](COC(=O)c4ccccc4)C(OC(=O)c4ccccc4)[C@@H]3OC(=O)c3ccccc3)[C@@H]2O[C@H]2O[C@H](COC(=O)c3ccccc3)[C@@H](OC(=O)c3ccccc3)[C@@H]2OC(=O)c2ccccc2)[C@@H](OC(C)=O)[C@@H](OC(C)=O)[C@@H]1OC(C)=O. The first-order chi connectivity index (χ1) is 50.4. The summed E-state index contributed by atoms with van der Waals surface area (Å²) in [4.78, 5) is 137. The Bertz CT molecular complexity index is 4010. The van der Waals surface area contributed by atoms with E-state index >= 15 is 0 Å². The van der Waals surface area contributed by atoms with Crippen molar-refractivity contribution in [1.29, 1.82) is 5.41 Å². The molecule has 4 heterocycles. The summed E-state index contributed by atoms with van der Waals surface area (Å²) in [6.07, 6.45) is -32.0. The Hall–Kier alpha value is -9.92. The van der Waals surface area contributed by atoms with Gasteiger partial charge in [0.15, 0.2) is 67.7 Å². The molecular weight excluding hydrogens is 1450 g/mol. The van der Waals surface area contributed by atoms with Crippen molar-refractivity contribution in [1.82, 2.24) is 0 Å². The van der Waals surface area contributed by atoms with Gasteiger partial charge in [-0.25, -0.2) is 28.8 Å². The second-order valence-electron chi connectivity index (χ2n) is 23.5. The molecule has 4 saturated heterocycles. The Morgan fingerprint density at radius 2 is 0.581 bits per heavy atom. The van der Waals surface area contributed by atoms with Crippen LogP contribution in [0, 0.1) is 5.41 Å². The number of halogens is 3. The van der Waals surface area contributed by atoms with E-state index in [2.05, 4.69) is 0 Å². The maximum atomic E-state index is 14.6. The topological polar surface area (TPSA) is 361 Å². The number of carbonyl (C=O) groups excluding carboxylic acids is 10. The van der Waals surface area contributed by atoms with Crippen LogP contribution in [-0.2, 0) is 104 Å². The van der Waals surface area contributed by atoms with Crippen molar-refractivity contribution in [2.45, 2.75) is 136 Å². The van der Waals surface area contributed by atoms with Crippen LogP contribution in [0.3, 0.4) is 0 Å². The number of benzene rings is 6. The molecule has 0 bridgehead atoms. The molecule has 29 nitrogen and oxygen atoms in total. The average Bonchev–Trinajstić information content (AvgIpc) is 1.76. The lowest BCUT2D eigenvalue weighted by Gasteiger charge is -2.44. The third-order valence-electron chi connectivity index (χ3n) is 16.0. The van der Waals surface area contributed by atoms with E-state index in [1.165, 1.54) is 97.1 Å². The fourth-order valence-electron chi connectivity index (χ4n) is 11.3. The Morgan fingerprint density at radius 1 is 0.305 bits per heavy atom. The molecule has 0 aromatic heterocycles. The molecule has 0 spiro atoms. The molecule has 10 rings (SSSR count). The summed E-state index contributed by atoms with van der Waals surface area (Å²) in [7, 11) is 0. The minimum absolute atomic E-state index is 0.00847. The summed E-state index contributed by atoms with van der Waals surface area (Å²) >= 11 is 19.0. The van der Waals surface area contributed by atoms with Gasteiger partial charge in [0, 0.05) is 27.7 Å². The fourth-order valence-corrected chi connectivity index (χ4v) is 11.5. The summed E-state index contributed by atoms with van der Waals surface area (Å²) in [5, 5.41) is 8.98. The maximum Gasteiger partial charge on any atom is 0.338 e. The third-order valence-corrected chi connectivity index (χ3v) is 16.6. The first-order valence-electron chi connectivity index (χ1n) is 32.4. The Balaban J connectivity index is 1.12. The van der Waals surface area contributed by atoms with E-state index in [1.807, 2.05) is 0 Å². The number of alkyl halides is 3. The Kier molecular flexibility index (Phi) is 26.8. The van der Waals surface area contributed by atoms with Crippen LogP contribution in [0.1, 0.15) is 89.8 Å². The first-order valence-corrected chi connectivity index (χ1v) is 33.5. The van der Waals surface area contributed by atoms with Crippen LogP contribution in [-0.4, -0.2) is 200 Å². The van der Waals surface area contributed by atoms with Gasteiger partial charge in [0.1, 0.15) is 50.3 Å². The van der Waals surface area contributed by atoms with E-state index in [0.29, 0.717) is 0 Å². The molecule has 2 unspecified atom stereocenters. The monoisotopic (exact) mass is 1510 g/mol. The third kappa shape index (κ3) is 20.7. The second-order valence-corrected chi connectivity index (χ2v) is 25.8. The maximum absolute atomic E-state index is 14.6. The predicted octanol–water partition coefficient (Wildman–Crippen LogP) is 8.01. The standard InChI is InChI=1S/C73H68Cl3NO28/c1-39(78)88-35-49-53(92-40(2)79)57(93-41(3)80)61(94-42(4)81)68(95-49)91-38-52-56(103-69-58(101-66(86)47-31-19-9-20-32-47)54(99-64(84)45-27-15-7-16-28-45)50(96-69)36-89-62(82)43-23-11-5-12-24-43)60(71(98-52)105-72(77)73(74,75)76)104-70-59(102-67(87)48-33-21-10-22-34-48)55(100-65(85)46-29-17-8-18-30-46)51(97-70)37-90-63(83)44-25-13-6-14-26-44/h5-34,49-61,68-71,77H,35-38H2,1-4H3/t49-,50-,51-,52-,53-,54-,55?,56-,57+,58+,59+,60?,61+,68+,69-,70-,71-/m1/s1. The number of ether oxygens (including phenoxy) is 18. The molecule has 4 aliphatic rings. The van der Waals surface area contributed by atoms with Crippen LogP contribution >= 0.6 is 34.8 Å². The van der Waals surface area contributed by atoms with E-state index in [0.717, 1.165) is 27.7 Å². The summed E-state index contributed by atoms with van der Waals surface area (Å²) in [6.45, 7) is 0.848. The van der Waals surface area contributed by atoms with Gasteiger partial charge in [-0.15, -0.1) is 0 Å². The highest BCUT2D eigenvalue weighted by Crippen LogP contribution is 2.41. The zero-order chi connectivity index (χ0) is 74.9. The molecule has 32 heteroatoms. The number of hydrogen-bond donors (Lipinski definition) is 1. The van der Waals surface area contributed by atoms with Gasteiger partial charge >= 0.3 is 59.7 Å². The smallest absolute Gasteiger partial charge is 0.338 e. The highest BCUT2D eigenvalue weighted by molar-refractivity contribution is 6.76. The van der Waals surface area contributed by atoms with Crippen molar-refractivity contribution in [2.24, 2.45) is 0 Å². The lowest BCUT2D eigenvalue weighted by molar-refractivity contribution is -0.314. The number of esters is 10. The van der Waals surface area contributed by atoms with Crippen LogP contribution in [0.25, 0.3) is 0 Å². The van der Waals surface area contributed by atoms with E-state index < -0.39 is 200 Å². The highest BCUT2D eigenvalue weighted by Gasteiger charge is 2.61. The van der Waals surface area contributed by atoms with E-state index in [9.17, 15) is 47.9 Å². The number of rotatable bonds is 27. The Labute approximate surface area is 613 Å². The van der Waals surface area contributed by atoms with Crippen LogP contribution in [0.15, 0.2) is 182 Å². The molecule has 1 N–H and O–H groups in total. The molecule has 554 valence electrons. The van der Waals surface area contributed by atoms with Crippen molar-refractivity contribution in [3.63, 3.8) is 0 Å². The summed E-state index contributed by atoms with van der Waals surface area (Å²) < 4.78 is 108. The van der Waals surface area contributed by atoms with Gasteiger partial charge in [-0.2, -0.15) is 0 Å². The van der Waals surface area contributed by atoms with Crippen LogP contribution < -0.4 is 0 Å². The molecule has 0 amide bonds. The van der Waals surface area contributed by atoms with Crippen molar-refractivity contribution >= 4 is 100 Å².